The van der Waals surface area contributed by atoms with Gasteiger partial charge < -0.3 is 34.8 Å². The lowest BCUT2D eigenvalue weighted by Crippen LogP contribution is -2.49. The number of carbonyl (C=O) groups is 4. The molecule has 0 spiro atoms. The average Bonchev–Trinajstić information content (AvgIpc) is 3.73. The van der Waals surface area contributed by atoms with Crippen molar-refractivity contribution in [1.82, 2.24) is 9.80 Å². The highest BCUT2D eigenvalue weighted by atomic mass is 32.2. The Kier molecular flexibility index (Phi) is 13.7. The zero-order valence-corrected chi connectivity index (χ0v) is 31.4. The van der Waals surface area contributed by atoms with Crippen LogP contribution in [0.5, 0.6) is 0 Å². The van der Waals surface area contributed by atoms with Gasteiger partial charge in [0.05, 0.1) is 47.3 Å². The third-order valence-electron chi connectivity index (χ3n) is 9.43. The average molecular weight is 764 g/mol. The number of anilines is 4. The molecular weight excluding hydrogens is 717 g/mol. The van der Waals surface area contributed by atoms with Crippen LogP contribution in [-0.2, 0) is 19.1 Å². The molecule has 4 saturated heterocycles. The van der Waals surface area contributed by atoms with Crippen LogP contribution in [0, 0.1) is 11.6 Å². The summed E-state index contributed by atoms with van der Waals surface area (Å²) in [6.07, 6.45) is 3.11. The van der Waals surface area contributed by atoms with Crippen molar-refractivity contribution in [2.75, 3.05) is 116 Å². The number of ether oxygens (including phenoxy) is 2. The minimum atomic E-state index is -0.506. The lowest BCUT2D eigenvalue weighted by molar-refractivity contribution is -0.129. The van der Waals surface area contributed by atoms with E-state index >= 15 is 0 Å². The first-order valence-electron chi connectivity index (χ1n) is 17.4. The summed E-state index contributed by atoms with van der Waals surface area (Å²) >= 11 is 3.01. The van der Waals surface area contributed by atoms with E-state index in [0.717, 1.165) is 6.42 Å². The maximum atomic E-state index is 14.7. The number of benzene rings is 2. The van der Waals surface area contributed by atoms with E-state index in [1.165, 1.54) is 45.5 Å². The fourth-order valence-electron chi connectivity index (χ4n) is 6.46. The molecule has 17 heteroatoms. The maximum absolute atomic E-state index is 14.7. The molecule has 2 aromatic carbocycles. The Bertz CT molecular complexity index is 1480. The molecule has 0 aliphatic carbocycles. The third-order valence-corrected chi connectivity index (χ3v) is 10.5. The second-order valence-electron chi connectivity index (χ2n) is 12.7. The van der Waals surface area contributed by atoms with Crippen molar-refractivity contribution in [1.29, 1.82) is 0 Å². The van der Waals surface area contributed by atoms with Crippen LogP contribution in [0.3, 0.4) is 0 Å². The molecule has 0 radical (unpaired) electrons. The predicted molar refractivity (Wildman–Crippen MR) is 202 cm³/mol. The van der Waals surface area contributed by atoms with Gasteiger partial charge in [-0.25, -0.2) is 18.4 Å². The van der Waals surface area contributed by atoms with Crippen molar-refractivity contribution >= 4 is 70.3 Å². The van der Waals surface area contributed by atoms with Gasteiger partial charge in [-0.3, -0.25) is 19.4 Å². The van der Waals surface area contributed by atoms with Crippen LogP contribution in [0.4, 0.5) is 41.1 Å². The highest BCUT2D eigenvalue weighted by molar-refractivity contribution is 7.99. The summed E-state index contributed by atoms with van der Waals surface area (Å²) in [7, 11) is 0. The standard InChI is InChI=1S/C18H24FN3O3S.C17H23FN4O3S/c1-3-14-11-22(18(24)25-14)13-4-5-16(15(19)10-13)20-6-8-21(9-7-20)17(23)12-26-2;1-26-11-16(23)21-6-4-20(5-7-21)15-3-2-12(8-14(15)18)22-10-13(9-19)25-17(22)24/h4-5,10,14H,3,6-9,11-12H2,1-2H3;2-3,8,13H,4-7,9-11,19H2,1H3/t14-;13-/m00/s1. The van der Waals surface area contributed by atoms with Crippen LogP contribution in [0.1, 0.15) is 13.3 Å². The van der Waals surface area contributed by atoms with Crippen molar-refractivity contribution in [2.45, 2.75) is 25.6 Å². The second kappa shape index (κ2) is 18.2. The Morgan fingerprint density at radius 1 is 0.712 bits per heavy atom. The van der Waals surface area contributed by atoms with Gasteiger partial charge in [0.1, 0.15) is 23.8 Å². The van der Waals surface area contributed by atoms with Gasteiger partial charge in [-0.1, -0.05) is 6.92 Å². The van der Waals surface area contributed by atoms with E-state index in [0.29, 0.717) is 99.7 Å². The van der Waals surface area contributed by atoms with E-state index in [4.69, 9.17) is 15.2 Å². The van der Waals surface area contributed by atoms with Crippen LogP contribution in [0.2, 0.25) is 0 Å². The molecule has 52 heavy (non-hydrogen) atoms. The number of nitrogens with zero attached hydrogens (tertiary/aromatic N) is 6. The molecule has 4 amide bonds. The zero-order chi connectivity index (χ0) is 37.4. The fourth-order valence-corrected chi connectivity index (χ4v) is 7.32. The molecule has 13 nitrogen and oxygen atoms in total. The number of carbonyl (C=O) groups excluding carboxylic acids is 4. The molecule has 0 aromatic heterocycles. The SMILES string of the molecule is CC[C@H]1CN(c2ccc(N3CCN(C(=O)CSC)CC3)c(F)c2)C(=O)O1.CSCC(=O)N1CCN(c2ccc(N3C[C@H](CN)OC3=O)cc2F)CC1. The topological polar surface area (TPSA) is 132 Å². The van der Waals surface area contributed by atoms with Crippen LogP contribution in [0.25, 0.3) is 0 Å². The molecule has 4 aliphatic rings. The smallest absolute Gasteiger partial charge is 0.414 e. The zero-order valence-electron chi connectivity index (χ0n) is 29.8. The lowest BCUT2D eigenvalue weighted by atomic mass is 10.2. The molecule has 0 unspecified atom stereocenters. The molecule has 2 atom stereocenters. The number of thioether (sulfide) groups is 2. The fraction of sp³-hybridized carbons (Fsp3) is 0.543. The number of cyclic esters (lactones) is 2. The van der Waals surface area contributed by atoms with Crippen molar-refractivity contribution in [2.24, 2.45) is 5.73 Å². The monoisotopic (exact) mass is 763 g/mol. The molecule has 4 fully saturated rings. The molecule has 0 saturated carbocycles. The molecule has 284 valence electrons. The summed E-state index contributed by atoms with van der Waals surface area (Å²) in [5, 5.41) is 0. The van der Waals surface area contributed by atoms with Gasteiger partial charge in [-0.05, 0) is 55.3 Å². The molecule has 0 bridgehead atoms. The molecule has 4 heterocycles. The highest BCUT2D eigenvalue weighted by Gasteiger charge is 2.33. The number of hydrogen-bond donors (Lipinski definition) is 1. The summed E-state index contributed by atoms with van der Waals surface area (Å²) < 4.78 is 39.6. The van der Waals surface area contributed by atoms with E-state index in [2.05, 4.69) is 0 Å². The summed E-state index contributed by atoms with van der Waals surface area (Å²) in [5.74, 6) is 0.447. The van der Waals surface area contributed by atoms with Gasteiger partial charge in [0.25, 0.3) is 0 Å². The first-order valence-corrected chi connectivity index (χ1v) is 20.1. The Morgan fingerprint density at radius 2 is 1.12 bits per heavy atom. The Hall–Kier alpha value is -3.96. The van der Waals surface area contributed by atoms with E-state index in [1.54, 1.807) is 24.3 Å². The molecule has 4 aliphatic heterocycles. The van der Waals surface area contributed by atoms with Crippen LogP contribution >= 0.6 is 23.5 Å². The Balaban J connectivity index is 0.000000201. The van der Waals surface area contributed by atoms with Crippen molar-refractivity contribution in [3.63, 3.8) is 0 Å². The first-order chi connectivity index (χ1) is 25.1. The van der Waals surface area contributed by atoms with Crippen LogP contribution in [0.15, 0.2) is 36.4 Å². The quantitative estimate of drug-likeness (QED) is 0.380. The van der Waals surface area contributed by atoms with Gasteiger partial charge in [-0.15, -0.1) is 0 Å². The molecule has 2 N–H and O–H groups in total. The van der Waals surface area contributed by atoms with Gasteiger partial charge in [0.15, 0.2) is 0 Å². The number of rotatable bonds is 10. The molecule has 6 rings (SSSR count). The largest absolute Gasteiger partial charge is 0.444 e. The van der Waals surface area contributed by atoms with E-state index < -0.39 is 18.0 Å². The lowest BCUT2D eigenvalue weighted by Gasteiger charge is -2.36. The van der Waals surface area contributed by atoms with E-state index in [1.807, 2.05) is 39.0 Å². The first kappa shape index (κ1) is 39.3. The summed E-state index contributed by atoms with van der Waals surface area (Å²) in [4.78, 5) is 58.0. The van der Waals surface area contributed by atoms with Gasteiger partial charge in [0.2, 0.25) is 11.8 Å². The van der Waals surface area contributed by atoms with Crippen molar-refractivity contribution < 1.29 is 37.4 Å². The van der Waals surface area contributed by atoms with Gasteiger partial charge in [-0.2, -0.15) is 23.5 Å². The van der Waals surface area contributed by atoms with Gasteiger partial charge >= 0.3 is 12.2 Å². The van der Waals surface area contributed by atoms with Crippen molar-refractivity contribution in [3.8, 4) is 0 Å². The maximum Gasteiger partial charge on any atom is 0.414 e. The number of hydrogen-bond acceptors (Lipinski definition) is 11. The Labute approximate surface area is 311 Å². The number of nitrogens with two attached hydrogens (primary N) is 1. The summed E-state index contributed by atoms with van der Waals surface area (Å²) in [5.41, 5.74) is 7.48. The van der Waals surface area contributed by atoms with Crippen LogP contribution in [-0.4, -0.2) is 142 Å². The summed E-state index contributed by atoms with van der Waals surface area (Å²) in [6.45, 7) is 7.67. The number of halogens is 2. The Morgan fingerprint density at radius 3 is 1.44 bits per heavy atom. The highest BCUT2D eigenvalue weighted by Crippen LogP contribution is 2.30. The minimum Gasteiger partial charge on any atom is -0.444 e. The normalized spacial score (nSPS) is 20.5. The van der Waals surface area contributed by atoms with E-state index in [-0.39, 0.29) is 36.4 Å². The second-order valence-corrected chi connectivity index (χ2v) is 14.5. The van der Waals surface area contributed by atoms with E-state index in [9.17, 15) is 28.0 Å². The number of amides is 4. The number of piperazine rings is 2. The molecule has 2 aromatic rings. The summed E-state index contributed by atoms with van der Waals surface area (Å²) in [6, 6.07) is 9.58. The van der Waals surface area contributed by atoms with Crippen molar-refractivity contribution in [3.05, 3.63) is 48.0 Å². The molecular formula is C35H47F2N7O6S2. The van der Waals surface area contributed by atoms with Gasteiger partial charge in [0, 0.05) is 58.9 Å². The minimum absolute atomic E-state index is 0.120. The van der Waals surface area contributed by atoms with Crippen LogP contribution < -0.4 is 25.3 Å². The predicted octanol–water partition coefficient (Wildman–Crippen LogP) is 3.69. The third kappa shape index (κ3) is 9.33.